The minimum absolute atomic E-state index is 0.0898. The molecular formula is C18H20N4O. The summed E-state index contributed by atoms with van der Waals surface area (Å²) in [5.41, 5.74) is 3.58. The number of hydrogen-bond acceptors (Lipinski definition) is 4. The Hall–Kier alpha value is -2.82. The van der Waals surface area contributed by atoms with Gasteiger partial charge in [0.15, 0.2) is 0 Å². The molecule has 5 nitrogen and oxygen atoms in total. The summed E-state index contributed by atoms with van der Waals surface area (Å²) in [6, 6.07) is 15.5. The Morgan fingerprint density at radius 2 is 1.83 bits per heavy atom. The normalized spacial score (nSPS) is 17.1. The van der Waals surface area contributed by atoms with Gasteiger partial charge in [-0.05, 0) is 36.8 Å². The van der Waals surface area contributed by atoms with Gasteiger partial charge in [0, 0.05) is 25.5 Å². The zero-order valence-corrected chi connectivity index (χ0v) is 13.5. The average molecular weight is 308 g/mol. The molecule has 2 aromatic carbocycles. The Labute approximate surface area is 136 Å². The topological polar surface area (TPSA) is 47.9 Å². The molecule has 0 aromatic heterocycles. The number of nitrogens with one attached hydrogen (secondary N) is 1. The molecule has 1 atom stereocenters. The molecule has 5 heteroatoms. The van der Waals surface area contributed by atoms with E-state index in [-0.39, 0.29) is 12.1 Å². The highest BCUT2D eigenvalue weighted by molar-refractivity contribution is 6.01. The van der Waals surface area contributed by atoms with E-state index in [0.717, 1.165) is 16.9 Å². The van der Waals surface area contributed by atoms with Crippen molar-refractivity contribution in [1.82, 2.24) is 5.01 Å². The SMILES string of the molecule is CC1Nc2ccccc2C(=O)N1/N=C/c1ccc(N(C)C)cc1. The highest BCUT2D eigenvalue weighted by Gasteiger charge is 2.28. The van der Waals surface area contributed by atoms with Gasteiger partial charge in [0.2, 0.25) is 0 Å². The van der Waals surface area contributed by atoms with Crippen LogP contribution >= 0.6 is 0 Å². The van der Waals surface area contributed by atoms with Gasteiger partial charge in [0.05, 0.1) is 11.8 Å². The van der Waals surface area contributed by atoms with Gasteiger partial charge in [-0.3, -0.25) is 4.79 Å². The van der Waals surface area contributed by atoms with Crippen molar-refractivity contribution in [2.75, 3.05) is 24.3 Å². The van der Waals surface area contributed by atoms with E-state index in [1.165, 1.54) is 5.01 Å². The zero-order valence-electron chi connectivity index (χ0n) is 13.5. The first-order valence-corrected chi connectivity index (χ1v) is 7.57. The Kier molecular flexibility index (Phi) is 4.02. The van der Waals surface area contributed by atoms with Gasteiger partial charge >= 0.3 is 0 Å². The van der Waals surface area contributed by atoms with E-state index in [0.29, 0.717) is 5.56 Å². The number of nitrogens with zero attached hydrogens (tertiary/aromatic N) is 3. The lowest BCUT2D eigenvalue weighted by atomic mass is 10.1. The molecule has 0 bridgehead atoms. The molecule has 1 aliphatic rings. The van der Waals surface area contributed by atoms with E-state index in [1.54, 1.807) is 6.21 Å². The molecular weight excluding hydrogens is 288 g/mol. The molecule has 0 radical (unpaired) electrons. The standard InChI is InChI=1S/C18H20N4O/c1-13-20-17-7-5-4-6-16(17)18(23)22(13)19-12-14-8-10-15(11-9-14)21(2)3/h4-13,20H,1-3H3/b19-12+. The predicted octanol–water partition coefficient (Wildman–Crippen LogP) is 3.00. The summed E-state index contributed by atoms with van der Waals surface area (Å²) in [4.78, 5) is 14.6. The average Bonchev–Trinajstić information content (AvgIpc) is 2.55. The molecule has 1 amide bonds. The third kappa shape index (κ3) is 3.04. The van der Waals surface area contributed by atoms with E-state index in [4.69, 9.17) is 0 Å². The maximum absolute atomic E-state index is 12.6. The summed E-state index contributed by atoms with van der Waals surface area (Å²) in [5.74, 6) is -0.0898. The van der Waals surface area contributed by atoms with Crippen LogP contribution in [0.2, 0.25) is 0 Å². The zero-order chi connectivity index (χ0) is 16.4. The van der Waals surface area contributed by atoms with Crippen molar-refractivity contribution in [2.45, 2.75) is 13.1 Å². The van der Waals surface area contributed by atoms with E-state index in [1.807, 2.05) is 74.4 Å². The summed E-state index contributed by atoms with van der Waals surface area (Å²) < 4.78 is 0. The van der Waals surface area contributed by atoms with Crippen LogP contribution in [0.25, 0.3) is 0 Å². The van der Waals surface area contributed by atoms with Crippen molar-refractivity contribution in [1.29, 1.82) is 0 Å². The fourth-order valence-electron chi connectivity index (χ4n) is 2.52. The van der Waals surface area contributed by atoms with Gasteiger partial charge in [-0.15, -0.1) is 0 Å². The first-order valence-electron chi connectivity index (χ1n) is 7.57. The summed E-state index contributed by atoms with van der Waals surface area (Å²) >= 11 is 0. The number of para-hydroxylation sites is 1. The molecule has 118 valence electrons. The van der Waals surface area contributed by atoms with Gasteiger partial charge in [-0.1, -0.05) is 24.3 Å². The van der Waals surface area contributed by atoms with Gasteiger partial charge in [0.25, 0.3) is 5.91 Å². The summed E-state index contributed by atoms with van der Waals surface area (Å²) in [6.45, 7) is 1.92. The van der Waals surface area contributed by atoms with Crippen LogP contribution in [0, 0.1) is 0 Å². The lowest BCUT2D eigenvalue weighted by Gasteiger charge is -2.31. The Morgan fingerprint density at radius 1 is 1.13 bits per heavy atom. The number of amides is 1. The maximum atomic E-state index is 12.6. The van der Waals surface area contributed by atoms with Crippen LogP contribution < -0.4 is 10.2 Å². The number of anilines is 2. The number of carbonyl (C=O) groups excluding carboxylic acids is 1. The van der Waals surface area contributed by atoms with Crippen molar-refractivity contribution in [2.24, 2.45) is 5.10 Å². The fraction of sp³-hybridized carbons (Fsp3) is 0.222. The monoisotopic (exact) mass is 308 g/mol. The lowest BCUT2D eigenvalue weighted by molar-refractivity contribution is 0.0706. The van der Waals surface area contributed by atoms with E-state index in [9.17, 15) is 4.79 Å². The number of rotatable bonds is 3. The first-order chi connectivity index (χ1) is 11.1. The predicted molar refractivity (Wildman–Crippen MR) is 94.1 cm³/mol. The molecule has 2 aromatic rings. The Balaban J connectivity index is 1.81. The third-order valence-electron chi connectivity index (χ3n) is 3.84. The number of hydrogen-bond donors (Lipinski definition) is 1. The highest BCUT2D eigenvalue weighted by atomic mass is 16.2. The summed E-state index contributed by atoms with van der Waals surface area (Å²) in [7, 11) is 4.00. The van der Waals surface area contributed by atoms with Crippen molar-refractivity contribution in [3.63, 3.8) is 0 Å². The molecule has 23 heavy (non-hydrogen) atoms. The van der Waals surface area contributed by atoms with Crippen LogP contribution in [0.15, 0.2) is 53.6 Å². The van der Waals surface area contributed by atoms with Crippen LogP contribution in [0.4, 0.5) is 11.4 Å². The van der Waals surface area contributed by atoms with Gasteiger partial charge in [-0.2, -0.15) is 5.10 Å². The second kappa shape index (κ2) is 6.12. The first kappa shape index (κ1) is 15.1. The van der Waals surface area contributed by atoms with Crippen molar-refractivity contribution in [3.8, 4) is 0 Å². The second-order valence-electron chi connectivity index (χ2n) is 5.75. The van der Waals surface area contributed by atoms with Crippen molar-refractivity contribution >= 4 is 23.5 Å². The Bertz CT molecular complexity index is 737. The molecule has 1 aliphatic heterocycles. The molecule has 0 aliphatic carbocycles. The molecule has 0 spiro atoms. The minimum Gasteiger partial charge on any atom is -0.378 e. The van der Waals surface area contributed by atoms with Crippen LogP contribution in [0.1, 0.15) is 22.8 Å². The van der Waals surface area contributed by atoms with E-state index < -0.39 is 0 Å². The van der Waals surface area contributed by atoms with Gasteiger partial charge < -0.3 is 10.2 Å². The molecule has 0 saturated carbocycles. The highest BCUT2D eigenvalue weighted by Crippen LogP contribution is 2.25. The number of hydrazone groups is 1. The largest absolute Gasteiger partial charge is 0.378 e. The summed E-state index contributed by atoms with van der Waals surface area (Å²) in [5, 5.41) is 9.13. The van der Waals surface area contributed by atoms with Crippen LogP contribution in [-0.2, 0) is 0 Å². The molecule has 1 N–H and O–H groups in total. The van der Waals surface area contributed by atoms with Crippen molar-refractivity contribution in [3.05, 3.63) is 59.7 Å². The maximum Gasteiger partial charge on any atom is 0.278 e. The smallest absolute Gasteiger partial charge is 0.278 e. The van der Waals surface area contributed by atoms with Crippen molar-refractivity contribution < 1.29 is 4.79 Å². The number of fused-ring (bicyclic) bond motifs is 1. The molecule has 0 fully saturated rings. The third-order valence-corrected chi connectivity index (χ3v) is 3.84. The Morgan fingerprint density at radius 3 is 2.52 bits per heavy atom. The van der Waals surface area contributed by atoms with Gasteiger partial charge in [-0.25, -0.2) is 5.01 Å². The quantitative estimate of drug-likeness (QED) is 0.887. The van der Waals surface area contributed by atoms with Crippen LogP contribution in [-0.4, -0.2) is 37.4 Å². The molecule has 1 unspecified atom stereocenters. The van der Waals surface area contributed by atoms with Crippen LogP contribution in [0.5, 0.6) is 0 Å². The molecule has 3 rings (SSSR count). The van der Waals surface area contributed by atoms with Gasteiger partial charge in [0.1, 0.15) is 6.17 Å². The lowest BCUT2D eigenvalue weighted by Crippen LogP contribution is -2.43. The van der Waals surface area contributed by atoms with E-state index >= 15 is 0 Å². The second-order valence-corrected chi connectivity index (χ2v) is 5.75. The minimum atomic E-state index is -0.185. The number of benzene rings is 2. The van der Waals surface area contributed by atoms with Crippen LogP contribution in [0.3, 0.4) is 0 Å². The number of carbonyl (C=O) groups is 1. The van der Waals surface area contributed by atoms with E-state index in [2.05, 4.69) is 10.4 Å². The summed E-state index contributed by atoms with van der Waals surface area (Å²) in [6.07, 6.45) is 1.53. The molecule has 0 saturated heterocycles. The molecule has 1 heterocycles. The fourth-order valence-corrected chi connectivity index (χ4v) is 2.52.